The Balaban J connectivity index is 2.16. The molecular formula is C11H23NO2. The molecule has 0 bridgehead atoms. The Morgan fingerprint density at radius 3 is 2.71 bits per heavy atom. The minimum Gasteiger partial charge on any atom is -0.396 e. The van der Waals surface area contributed by atoms with Crippen LogP contribution in [0.25, 0.3) is 0 Å². The molecule has 1 heterocycles. The van der Waals surface area contributed by atoms with Crippen molar-refractivity contribution in [1.82, 2.24) is 4.90 Å². The van der Waals surface area contributed by atoms with Crippen LogP contribution in [-0.4, -0.2) is 47.0 Å². The molecule has 1 aliphatic heterocycles. The van der Waals surface area contributed by atoms with Crippen molar-refractivity contribution in [3.05, 3.63) is 0 Å². The Morgan fingerprint density at radius 1 is 1.43 bits per heavy atom. The summed E-state index contributed by atoms with van der Waals surface area (Å²) in [6.07, 6.45) is 2.96. The molecule has 3 heteroatoms. The quantitative estimate of drug-likeness (QED) is 0.693. The molecule has 0 aromatic carbocycles. The molecule has 3 nitrogen and oxygen atoms in total. The Bertz CT molecular complexity index is 165. The largest absolute Gasteiger partial charge is 0.396 e. The maximum Gasteiger partial charge on any atom is 0.0603 e. The lowest BCUT2D eigenvalue weighted by Gasteiger charge is -2.22. The summed E-state index contributed by atoms with van der Waals surface area (Å²) in [6.45, 7) is 7.22. The van der Waals surface area contributed by atoms with Gasteiger partial charge >= 0.3 is 0 Å². The van der Waals surface area contributed by atoms with E-state index in [1.165, 1.54) is 6.42 Å². The lowest BCUT2D eigenvalue weighted by molar-refractivity contribution is 0.0599. The first-order valence-corrected chi connectivity index (χ1v) is 5.57. The van der Waals surface area contributed by atoms with Crippen LogP contribution in [0.15, 0.2) is 0 Å². The van der Waals surface area contributed by atoms with Gasteiger partial charge < -0.3 is 15.1 Å². The fourth-order valence-corrected chi connectivity index (χ4v) is 1.97. The van der Waals surface area contributed by atoms with Crippen molar-refractivity contribution < 1.29 is 10.2 Å². The number of likely N-dealkylation sites (tertiary alicyclic amines) is 1. The van der Waals surface area contributed by atoms with Crippen molar-refractivity contribution in [3.8, 4) is 0 Å². The number of aliphatic hydroxyl groups is 2. The van der Waals surface area contributed by atoms with Crippen LogP contribution < -0.4 is 0 Å². The maximum atomic E-state index is 9.58. The van der Waals surface area contributed by atoms with Crippen LogP contribution in [0.1, 0.15) is 33.1 Å². The first kappa shape index (κ1) is 12.0. The van der Waals surface area contributed by atoms with Gasteiger partial charge in [0, 0.05) is 19.7 Å². The normalized spacial score (nSPS) is 24.4. The van der Waals surface area contributed by atoms with Crippen LogP contribution >= 0.6 is 0 Å². The molecule has 1 fully saturated rings. The van der Waals surface area contributed by atoms with E-state index in [0.717, 1.165) is 32.5 Å². The molecule has 0 radical (unpaired) electrons. The second kappa shape index (κ2) is 5.10. The smallest absolute Gasteiger partial charge is 0.0603 e. The van der Waals surface area contributed by atoms with E-state index in [0.29, 0.717) is 12.5 Å². The van der Waals surface area contributed by atoms with Crippen molar-refractivity contribution in [2.24, 2.45) is 5.92 Å². The van der Waals surface area contributed by atoms with E-state index >= 15 is 0 Å². The van der Waals surface area contributed by atoms with Crippen molar-refractivity contribution in [2.75, 3.05) is 26.2 Å². The van der Waals surface area contributed by atoms with Gasteiger partial charge in [0.05, 0.1) is 5.60 Å². The van der Waals surface area contributed by atoms with Gasteiger partial charge in [0.15, 0.2) is 0 Å². The number of hydrogen-bond donors (Lipinski definition) is 2. The van der Waals surface area contributed by atoms with Crippen LogP contribution in [-0.2, 0) is 0 Å². The number of aliphatic hydroxyl groups excluding tert-OH is 1. The monoisotopic (exact) mass is 201 g/mol. The lowest BCUT2D eigenvalue weighted by atomic mass is 10.1. The molecule has 1 saturated heterocycles. The predicted octanol–water partition coefficient (Wildman–Crippen LogP) is 0.852. The van der Waals surface area contributed by atoms with Crippen LogP contribution in [0.3, 0.4) is 0 Å². The third-order valence-electron chi connectivity index (χ3n) is 2.95. The molecule has 84 valence electrons. The zero-order chi connectivity index (χ0) is 10.6. The number of nitrogens with zero attached hydrogens (tertiary/aromatic N) is 1. The molecule has 0 saturated carbocycles. The lowest BCUT2D eigenvalue weighted by Crippen LogP contribution is -2.29. The maximum absolute atomic E-state index is 9.58. The average molecular weight is 201 g/mol. The summed E-state index contributed by atoms with van der Waals surface area (Å²) in [7, 11) is 0. The predicted molar refractivity (Wildman–Crippen MR) is 57.2 cm³/mol. The van der Waals surface area contributed by atoms with E-state index in [9.17, 15) is 5.11 Å². The van der Waals surface area contributed by atoms with E-state index in [1.54, 1.807) is 0 Å². The van der Waals surface area contributed by atoms with Gasteiger partial charge in [-0.15, -0.1) is 0 Å². The molecule has 1 rings (SSSR count). The Morgan fingerprint density at radius 2 is 2.14 bits per heavy atom. The highest BCUT2D eigenvalue weighted by Crippen LogP contribution is 2.20. The van der Waals surface area contributed by atoms with Crippen LogP contribution in [0.4, 0.5) is 0 Å². The standard InChI is InChI=1S/C11H23NO2/c1-11(2,14)5-7-12-6-3-10(9-12)4-8-13/h10,13-14H,3-9H2,1-2H3. The van der Waals surface area contributed by atoms with E-state index < -0.39 is 5.60 Å². The van der Waals surface area contributed by atoms with Crippen LogP contribution in [0.5, 0.6) is 0 Å². The summed E-state index contributed by atoms with van der Waals surface area (Å²) in [5.74, 6) is 0.668. The number of hydrogen-bond acceptors (Lipinski definition) is 3. The molecule has 14 heavy (non-hydrogen) atoms. The van der Waals surface area contributed by atoms with Gasteiger partial charge in [0.1, 0.15) is 0 Å². The fourth-order valence-electron chi connectivity index (χ4n) is 1.97. The highest BCUT2D eigenvalue weighted by molar-refractivity contribution is 4.77. The van der Waals surface area contributed by atoms with Crippen molar-refractivity contribution >= 4 is 0 Å². The summed E-state index contributed by atoms with van der Waals surface area (Å²) in [6, 6.07) is 0. The third-order valence-corrected chi connectivity index (χ3v) is 2.95. The van der Waals surface area contributed by atoms with Crippen molar-refractivity contribution in [2.45, 2.75) is 38.7 Å². The topological polar surface area (TPSA) is 43.7 Å². The second-order valence-electron chi connectivity index (χ2n) is 5.03. The van der Waals surface area contributed by atoms with Gasteiger partial charge in [-0.1, -0.05) is 0 Å². The van der Waals surface area contributed by atoms with E-state index in [4.69, 9.17) is 5.11 Å². The summed E-state index contributed by atoms with van der Waals surface area (Å²) in [5, 5.41) is 18.4. The Labute approximate surface area is 86.7 Å². The molecule has 0 aliphatic carbocycles. The zero-order valence-corrected chi connectivity index (χ0v) is 9.37. The molecule has 1 aliphatic rings. The Kier molecular flexibility index (Phi) is 4.35. The highest BCUT2D eigenvalue weighted by Gasteiger charge is 2.23. The first-order chi connectivity index (χ1) is 6.51. The molecule has 0 amide bonds. The van der Waals surface area contributed by atoms with Gasteiger partial charge in [0.25, 0.3) is 0 Å². The Hall–Kier alpha value is -0.120. The number of rotatable bonds is 5. The van der Waals surface area contributed by atoms with Gasteiger partial charge in [-0.2, -0.15) is 0 Å². The van der Waals surface area contributed by atoms with Crippen molar-refractivity contribution in [1.29, 1.82) is 0 Å². The van der Waals surface area contributed by atoms with Gasteiger partial charge in [0.2, 0.25) is 0 Å². The molecule has 0 spiro atoms. The molecule has 0 aromatic rings. The summed E-state index contributed by atoms with van der Waals surface area (Å²) < 4.78 is 0. The fraction of sp³-hybridized carbons (Fsp3) is 1.00. The average Bonchev–Trinajstić information content (AvgIpc) is 2.49. The summed E-state index contributed by atoms with van der Waals surface area (Å²) in [4.78, 5) is 2.39. The molecule has 1 atom stereocenters. The first-order valence-electron chi connectivity index (χ1n) is 5.57. The minimum atomic E-state index is -0.547. The summed E-state index contributed by atoms with van der Waals surface area (Å²) in [5.41, 5.74) is -0.547. The van der Waals surface area contributed by atoms with Crippen LogP contribution in [0, 0.1) is 5.92 Å². The summed E-state index contributed by atoms with van der Waals surface area (Å²) >= 11 is 0. The van der Waals surface area contributed by atoms with Crippen molar-refractivity contribution in [3.63, 3.8) is 0 Å². The molecule has 0 aromatic heterocycles. The van der Waals surface area contributed by atoms with E-state index in [1.807, 2.05) is 13.8 Å². The van der Waals surface area contributed by atoms with Gasteiger partial charge in [-0.25, -0.2) is 0 Å². The third kappa shape index (κ3) is 4.40. The van der Waals surface area contributed by atoms with E-state index in [-0.39, 0.29) is 0 Å². The molecule has 2 N–H and O–H groups in total. The minimum absolute atomic E-state index is 0.310. The molecular weight excluding hydrogens is 178 g/mol. The molecule has 1 unspecified atom stereocenters. The highest BCUT2D eigenvalue weighted by atomic mass is 16.3. The van der Waals surface area contributed by atoms with Gasteiger partial charge in [-0.3, -0.25) is 0 Å². The van der Waals surface area contributed by atoms with Gasteiger partial charge in [-0.05, 0) is 45.6 Å². The second-order valence-corrected chi connectivity index (χ2v) is 5.03. The van der Waals surface area contributed by atoms with Crippen LogP contribution in [0.2, 0.25) is 0 Å². The zero-order valence-electron chi connectivity index (χ0n) is 9.37. The SMILES string of the molecule is CC(C)(O)CCN1CCC(CCO)C1. The van der Waals surface area contributed by atoms with E-state index in [2.05, 4.69) is 4.90 Å².